The maximum absolute atomic E-state index is 13.1. The number of imidazole rings is 1. The van der Waals surface area contributed by atoms with Crippen LogP contribution in [0.2, 0.25) is 0 Å². The van der Waals surface area contributed by atoms with Crippen molar-refractivity contribution in [3.05, 3.63) is 29.6 Å². The second-order valence-electron chi connectivity index (χ2n) is 10.6. The Balaban J connectivity index is 1.23. The summed E-state index contributed by atoms with van der Waals surface area (Å²) in [6.45, 7) is 0. The molecule has 4 N–H and O–H groups in total. The lowest BCUT2D eigenvalue weighted by Crippen LogP contribution is -2.39. The first-order valence-corrected chi connectivity index (χ1v) is 11.9. The van der Waals surface area contributed by atoms with Crippen molar-refractivity contribution in [3.63, 3.8) is 0 Å². The van der Waals surface area contributed by atoms with E-state index in [-0.39, 0.29) is 49.0 Å². The Bertz CT molecular complexity index is 1050. The number of nitrogens with two attached hydrogens (primary N) is 1. The topological polar surface area (TPSA) is 83.8 Å². The number of amides is 1. The molecule has 1 aromatic heterocycles. The molecule has 5 rings (SSSR count). The predicted octanol–water partition coefficient (Wildman–Crippen LogP) is 5.54. The zero-order valence-electron chi connectivity index (χ0n) is 18.7. The molecule has 0 radical (unpaired) electrons. The van der Waals surface area contributed by atoms with E-state index in [1.807, 2.05) is 18.2 Å². The molecule has 0 bridgehead atoms. The predicted molar refractivity (Wildman–Crippen MR) is 116 cm³/mol. The number of carbonyl (C=O) groups excluding carboxylic acids is 1. The van der Waals surface area contributed by atoms with Crippen molar-refractivity contribution in [3.8, 4) is 0 Å². The molecule has 1 amide bonds. The molecule has 2 atom stereocenters. The minimum atomic E-state index is -4.15. The highest BCUT2D eigenvalue weighted by atomic mass is 19.4. The third-order valence-corrected chi connectivity index (χ3v) is 7.56. The van der Waals surface area contributed by atoms with Crippen molar-refractivity contribution in [1.82, 2.24) is 15.3 Å². The van der Waals surface area contributed by atoms with E-state index < -0.39 is 24.6 Å². The van der Waals surface area contributed by atoms with Gasteiger partial charge in [-0.25, -0.2) is 13.8 Å². The molecule has 5 nitrogen and oxygen atoms in total. The third kappa shape index (κ3) is 5.21. The summed E-state index contributed by atoms with van der Waals surface area (Å²) in [6, 6.07) is 5.03. The van der Waals surface area contributed by atoms with Gasteiger partial charge in [-0.05, 0) is 67.1 Å². The number of nitrogens with zero attached hydrogens (tertiary/aromatic N) is 1. The van der Waals surface area contributed by atoms with Crippen LogP contribution in [0.5, 0.6) is 0 Å². The number of nitrogens with one attached hydrogen (secondary N) is 2. The number of alkyl halides is 5. The smallest absolute Gasteiger partial charge is 0.349 e. The van der Waals surface area contributed by atoms with Crippen LogP contribution < -0.4 is 11.1 Å². The summed E-state index contributed by atoms with van der Waals surface area (Å²) in [7, 11) is 0. The summed E-state index contributed by atoms with van der Waals surface area (Å²) in [5.41, 5.74) is 8.69. The van der Waals surface area contributed by atoms with Crippen LogP contribution >= 0.6 is 0 Å². The lowest BCUT2D eigenvalue weighted by Gasteiger charge is -2.38. The number of H-pyrrole nitrogens is 1. The molecular weight excluding hydrogens is 455 g/mol. The summed E-state index contributed by atoms with van der Waals surface area (Å²) in [5, 5.41) is 3.04. The minimum Gasteiger partial charge on any atom is -0.349 e. The average Bonchev–Trinajstić information content (AvgIpc) is 3.43. The molecule has 186 valence electrons. The van der Waals surface area contributed by atoms with Crippen molar-refractivity contribution in [2.45, 2.75) is 75.5 Å². The molecular formula is C24H29F5N4O. The SMILES string of the molecule is N[C@H](c1nc2ccc([C@H](NC(=O)CC3CC(F)(F)C3)C3CC3)cc2[nH]1)C1CC(CC(F)(F)F)C1. The summed E-state index contributed by atoms with van der Waals surface area (Å²) < 4.78 is 63.9. The van der Waals surface area contributed by atoms with Crippen LogP contribution in [0, 0.1) is 23.7 Å². The highest BCUT2D eigenvalue weighted by molar-refractivity contribution is 5.78. The highest BCUT2D eigenvalue weighted by Crippen LogP contribution is 2.46. The average molecular weight is 485 g/mol. The first kappa shape index (κ1) is 23.5. The monoisotopic (exact) mass is 484 g/mol. The fourth-order valence-corrected chi connectivity index (χ4v) is 5.52. The number of aromatic nitrogens is 2. The molecule has 3 aliphatic rings. The Kier molecular flexibility index (Phi) is 5.85. The standard InChI is InChI=1S/C24H29F5N4O/c25-23(26)9-13(10-23)7-19(34)33-21(14-1-2-14)15-3-4-17-18(8-15)32-22(31-17)20(30)16-5-12(6-16)11-24(27,28)29/h3-4,8,12-14,16,20-21H,1-2,5-7,9-11,30H2,(H,31,32)(H,33,34)/t12?,16?,20-,21+/m0/s1. The van der Waals surface area contributed by atoms with E-state index in [1.165, 1.54) is 0 Å². The molecule has 1 heterocycles. The number of benzene rings is 1. The number of aromatic amines is 1. The minimum absolute atomic E-state index is 0.0373. The van der Waals surface area contributed by atoms with Crippen molar-refractivity contribution in [2.24, 2.45) is 29.4 Å². The maximum Gasteiger partial charge on any atom is 0.389 e. The number of hydrogen-bond acceptors (Lipinski definition) is 3. The Hall–Kier alpha value is -2.23. The Morgan fingerprint density at radius 2 is 1.88 bits per heavy atom. The number of carbonyl (C=O) groups is 1. The van der Waals surface area contributed by atoms with Gasteiger partial charge in [0.1, 0.15) is 5.82 Å². The molecule has 0 aliphatic heterocycles. The quantitative estimate of drug-likeness (QED) is 0.430. The van der Waals surface area contributed by atoms with Crippen molar-refractivity contribution in [1.29, 1.82) is 0 Å². The van der Waals surface area contributed by atoms with E-state index in [4.69, 9.17) is 5.73 Å². The number of halogens is 5. The Morgan fingerprint density at radius 3 is 2.50 bits per heavy atom. The molecule has 0 spiro atoms. The summed E-state index contributed by atoms with van der Waals surface area (Å²) in [6.07, 6.45) is -2.40. The van der Waals surface area contributed by atoms with Crippen LogP contribution in [0.4, 0.5) is 22.0 Å². The van der Waals surface area contributed by atoms with Crippen molar-refractivity contribution >= 4 is 16.9 Å². The lowest BCUT2D eigenvalue weighted by atomic mass is 9.69. The van der Waals surface area contributed by atoms with E-state index in [9.17, 15) is 26.7 Å². The lowest BCUT2D eigenvalue weighted by molar-refractivity contribution is -0.154. The summed E-state index contributed by atoms with van der Waals surface area (Å²) >= 11 is 0. The normalized spacial score (nSPS) is 26.5. The number of hydrogen-bond donors (Lipinski definition) is 3. The molecule has 1 aromatic carbocycles. The van der Waals surface area contributed by atoms with Crippen LogP contribution in [0.1, 0.15) is 74.8 Å². The molecule has 10 heteroatoms. The van der Waals surface area contributed by atoms with Gasteiger partial charge in [-0.2, -0.15) is 13.2 Å². The fraction of sp³-hybridized carbons (Fsp3) is 0.667. The van der Waals surface area contributed by atoms with E-state index >= 15 is 0 Å². The molecule has 3 fully saturated rings. The van der Waals surface area contributed by atoms with Gasteiger partial charge in [0.2, 0.25) is 11.8 Å². The highest BCUT2D eigenvalue weighted by Gasteiger charge is 2.46. The molecule has 2 aromatic rings. The van der Waals surface area contributed by atoms with Crippen LogP contribution in [-0.4, -0.2) is 28.0 Å². The fourth-order valence-electron chi connectivity index (χ4n) is 5.52. The van der Waals surface area contributed by atoms with Gasteiger partial charge in [-0.3, -0.25) is 4.79 Å². The van der Waals surface area contributed by atoms with Crippen LogP contribution in [0.25, 0.3) is 11.0 Å². The zero-order valence-corrected chi connectivity index (χ0v) is 18.7. The first-order valence-electron chi connectivity index (χ1n) is 11.9. The Labute approximate surface area is 194 Å². The maximum atomic E-state index is 13.1. The molecule has 3 aliphatic carbocycles. The van der Waals surface area contributed by atoms with Crippen LogP contribution in [0.15, 0.2) is 18.2 Å². The van der Waals surface area contributed by atoms with Crippen LogP contribution in [-0.2, 0) is 4.79 Å². The van der Waals surface area contributed by atoms with E-state index in [0.717, 1.165) is 23.9 Å². The number of rotatable bonds is 8. The molecule has 0 unspecified atom stereocenters. The second-order valence-corrected chi connectivity index (χ2v) is 10.6. The zero-order chi connectivity index (χ0) is 24.3. The Morgan fingerprint density at radius 1 is 1.18 bits per heavy atom. The summed E-state index contributed by atoms with van der Waals surface area (Å²) in [5.74, 6) is -2.65. The van der Waals surface area contributed by atoms with Gasteiger partial charge in [0, 0.05) is 25.7 Å². The van der Waals surface area contributed by atoms with Crippen molar-refractivity contribution in [2.75, 3.05) is 0 Å². The van der Waals surface area contributed by atoms with E-state index in [2.05, 4.69) is 15.3 Å². The second kappa shape index (κ2) is 8.46. The van der Waals surface area contributed by atoms with E-state index in [1.54, 1.807) is 0 Å². The van der Waals surface area contributed by atoms with Crippen LogP contribution in [0.3, 0.4) is 0 Å². The van der Waals surface area contributed by atoms with Crippen molar-refractivity contribution < 1.29 is 26.7 Å². The third-order valence-electron chi connectivity index (χ3n) is 7.56. The largest absolute Gasteiger partial charge is 0.389 e. The van der Waals surface area contributed by atoms with Gasteiger partial charge in [0.05, 0.1) is 23.1 Å². The van der Waals surface area contributed by atoms with E-state index in [0.29, 0.717) is 30.1 Å². The van der Waals surface area contributed by atoms with Gasteiger partial charge in [-0.15, -0.1) is 0 Å². The molecule has 34 heavy (non-hydrogen) atoms. The van der Waals surface area contributed by atoms with Gasteiger partial charge >= 0.3 is 6.18 Å². The molecule has 3 saturated carbocycles. The van der Waals surface area contributed by atoms with Gasteiger partial charge in [-0.1, -0.05) is 6.07 Å². The van der Waals surface area contributed by atoms with Gasteiger partial charge in [0.25, 0.3) is 0 Å². The summed E-state index contributed by atoms with van der Waals surface area (Å²) in [4.78, 5) is 20.3. The first-order chi connectivity index (χ1) is 16.0. The van der Waals surface area contributed by atoms with Gasteiger partial charge < -0.3 is 16.0 Å². The number of fused-ring (bicyclic) bond motifs is 1. The van der Waals surface area contributed by atoms with Gasteiger partial charge in [0.15, 0.2) is 0 Å². The molecule has 0 saturated heterocycles.